The van der Waals surface area contributed by atoms with E-state index in [0.29, 0.717) is 17.1 Å². The Kier molecular flexibility index (Phi) is 7.39. The molecular formula is C29H29N5O2. The molecule has 1 heterocycles. The number of carbonyl (C=O) groups excluding carboxylic acids is 2. The summed E-state index contributed by atoms with van der Waals surface area (Å²) in [5.41, 5.74) is 4.95. The molecule has 3 aromatic carbocycles. The molecule has 182 valence electrons. The van der Waals surface area contributed by atoms with Gasteiger partial charge in [0.2, 0.25) is 5.91 Å². The van der Waals surface area contributed by atoms with Crippen LogP contribution >= 0.6 is 0 Å². The van der Waals surface area contributed by atoms with Crippen molar-refractivity contribution in [1.82, 2.24) is 15.3 Å². The van der Waals surface area contributed by atoms with Crippen molar-refractivity contribution in [3.05, 3.63) is 102 Å². The average molecular weight is 480 g/mol. The average Bonchev–Trinajstić information content (AvgIpc) is 2.89. The summed E-state index contributed by atoms with van der Waals surface area (Å²) in [7, 11) is 0. The Morgan fingerprint density at radius 2 is 1.47 bits per heavy atom. The molecule has 0 atom stereocenters. The summed E-state index contributed by atoms with van der Waals surface area (Å²) in [6.45, 7) is 6.23. The first-order valence-corrected chi connectivity index (χ1v) is 11.7. The second-order valence-electron chi connectivity index (χ2n) is 9.42. The second kappa shape index (κ2) is 10.8. The number of rotatable bonds is 7. The summed E-state index contributed by atoms with van der Waals surface area (Å²) in [5, 5.41) is 8.70. The maximum absolute atomic E-state index is 12.4. The summed E-state index contributed by atoms with van der Waals surface area (Å²) in [6, 6.07) is 26.4. The number of hydrogen-bond donors (Lipinski definition) is 3. The first-order valence-electron chi connectivity index (χ1n) is 11.7. The van der Waals surface area contributed by atoms with E-state index in [1.54, 1.807) is 24.3 Å². The Labute approximate surface area is 211 Å². The van der Waals surface area contributed by atoms with Crippen LogP contribution in [0.5, 0.6) is 0 Å². The minimum absolute atomic E-state index is 0.0138. The maximum Gasteiger partial charge on any atom is 0.251 e. The van der Waals surface area contributed by atoms with Gasteiger partial charge in [0.1, 0.15) is 12.1 Å². The highest BCUT2D eigenvalue weighted by atomic mass is 16.2. The molecule has 7 nitrogen and oxygen atoms in total. The number of anilines is 3. The molecule has 7 heteroatoms. The minimum atomic E-state index is -0.307. The van der Waals surface area contributed by atoms with Gasteiger partial charge in [-0.15, -0.1) is 0 Å². The van der Waals surface area contributed by atoms with Gasteiger partial charge in [-0.05, 0) is 47.4 Å². The summed E-state index contributed by atoms with van der Waals surface area (Å²) in [4.78, 5) is 33.3. The quantitative estimate of drug-likeness (QED) is 0.323. The number of carbonyl (C=O) groups is 2. The Hall–Kier alpha value is -4.52. The van der Waals surface area contributed by atoms with E-state index in [-0.39, 0.29) is 23.8 Å². The number of nitrogens with one attached hydrogen (secondary N) is 3. The standard InChI is InChI=1S/C29H29N5O2/c1-29(2,3)22-11-9-21(10-12-22)28(36)30-18-27(35)34-24-15-13-23(14-16-24)33-26-17-25(31-19-32-26)20-7-5-4-6-8-20/h4-17,19H,18H2,1-3H3,(H,30,36)(H,34,35)(H,31,32,33). The van der Waals surface area contributed by atoms with Gasteiger partial charge in [0.25, 0.3) is 5.91 Å². The number of amides is 2. The van der Waals surface area contributed by atoms with Crippen molar-refractivity contribution >= 4 is 29.0 Å². The van der Waals surface area contributed by atoms with Crippen LogP contribution in [0.1, 0.15) is 36.7 Å². The monoisotopic (exact) mass is 479 g/mol. The summed E-state index contributed by atoms with van der Waals surface area (Å²) >= 11 is 0. The molecule has 1 aromatic heterocycles. The molecule has 0 saturated carbocycles. The van der Waals surface area contributed by atoms with Gasteiger partial charge in [0.15, 0.2) is 0 Å². The number of nitrogens with zero attached hydrogens (tertiary/aromatic N) is 2. The summed E-state index contributed by atoms with van der Waals surface area (Å²) in [5.74, 6) is 0.0717. The third-order valence-corrected chi connectivity index (χ3v) is 5.60. The fourth-order valence-electron chi connectivity index (χ4n) is 3.57. The molecule has 3 N–H and O–H groups in total. The zero-order valence-electron chi connectivity index (χ0n) is 20.6. The molecule has 36 heavy (non-hydrogen) atoms. The Morgan fingerprint density at radius 1 is 0.806 bits per heavy atom. The van der Waals surface area contributed by atoms with Gasteiger partial charge < -0.3 is 16.0 Å². The first kappa shape index (κ1) is 24.6. The Bertz CT molecular complexity index is 1330. The van der Waals surface area contributed by atoms with E-state index in [1.807, 2.05) is 60.7 Å². The van der Waals surface area contributed by atoms with Crippen molar-refractivity contribution in [2.75, 3.05) is 17.2 Å². The van der Waals surface area contributed by atoms with Crippen molar-refractivity contribution in [3.8, 4) is 11.3 Å². The topological polar surface area (TPSA) is 96.0 Å². The highest BCUT2D eigenvalue weighted by Gasteiger charge is 2.14. The Morgan fingerprint density at radius 3 is 2.14 bits per heavy atom. The number of benzene rings is 3. The van der Waals surface area contributed by atoms with E-state index in [1.165, 1.54) is 6.33 Å². The van der Waals surface area contributed by atoms with E-state index in [4.69, 9.17) is 0 Å². The molecule has 0 bridgehead atoms. The van der Waals surface area contributed by atoms with Crippen LogP contribution < -0.4 is 16.0 Å². The van der Waals surface area contributed by atoms with Gasteiger partial charge in [-0.1, -0.05) is 63.2 Å². The van der Waals surface area contributed by atoms with Gasteiger partial charge in [-0.2, -0.15) is 0 Å². The lowest BCUT2D eigenvalue weighted by molar-refractivity contribution is -0.115. The molecular weight excluding hydrogens is 450 g/mol. The van der Waals surface area contributed by atoms with Crippen molar-refractivity contribution in [2.45, 2.75) is 26.2 Å². The second-order valence-corrected chi connectivity index (χ2v) is 9.42. The van der Waals surface area contributed by atoms with Gasteiger partial charge in [-0.3, -0.25) is 9.59 Å². The SMILES string of the molecule is CC(C)(C)c1ccc(C(=O)NCC(=O)Nc2ccc(Nc3cc(-c4ccccc4)ncn3)cc2)cc1. The van der Waals surface area contributed by atoms with Gasteiger partial charge in [0, 0.05) is 28.6 Å². The number of hydrogen-bond acceptors (Lipinski definition) is 5. The largest absolute Gasteiger partial charge is 0.343 e. The van der Waals surface area contributed by atoms with Crippen LogP contribution in [0.15, 0.2) is 91.3 Å². The van der Waals surface area contributed by atoms with E-state index in [9.17, 15) is 9.59 Å². The zero-order valence-corrected chi connectivity index (χ0v) is 20.6. The zero-order chi connectivity index (χ0) is 25.5. The molecule has 4 aromatic rings. The van der Waals surface area contributed by atoms with E-state index >= 15 is 0 Å². The normalized spacial score (nSPS) is 11.0. The summed E-state index contributed by atoms with van der Waals surface area (Å²) < 4.78 is 0. The van der Waals surface area contributed by atoms with Crippen molar-refractivity contribution in [1.29, 1.82) is 0 Å². The Balaban J connectivity index is 1.29. The molecule has 0 aliphatic carbocycles. The minimum Gasteiger partial charge on any atom is -0.343 e. The molecule has 0 aliphatic rings. The molecule has 0 saturated heterocycles. The highest BCUT2D eigenvalue weighted by Crippen LogP contribution is 2.23. The molecule has 0 radical (unpaired) electrons. The lowest BCUT2D eigenvalue weighted by Gasteiger charge is -2.19. The van der Waals surface area contributed by atoms with Crippen LogP contribution in [-0.4, -0.2) is 28.3 Å². The van der Waals surface area contributed by atoms with Gasteiger partial charge in [0.05, 0.1) is 12.2 Å². The fraction of sp³-hybridized carbons (Fsp3) is 0.172. The van der Waals surface area contributed by atoms with E-state index < -0.39 is 0 Å². The molecule has 0 aliphatic heterocycles. The van der Waals surface area contributed by atoms with E-state index in [0.717, 1.165) is 22.5 Å². The van der Waals surface area contributed by atoms with Crippen molar-refractivity contribution in [2.24, 2.45) is 0 Å². The lowest BCUT2D eigenvalue weighted by Crippen LogP contribution is -2.32. The predicted molar refractivity (Wildman–Crippen MR) is 143 cm³/mol. The highest BCUT2D eigenvalue weighted by molar-refractivity contribution is 5.99. The lowest BCUT2D eigenvalue weighted by atomic mass is 9.87. The third kappa shape index (κ3) is 6.54. The summed E-state index contributed by atoms with van der Waals surface area (Å²) in [6.07, 6.45) is 1.52. The molecule has 4 rings (SSSR count). The first-order chi connectivity index (χ1) is 17.3. The van der Waals surface area contributed by atoms with Crippen LogP contribution in [0.25, 0.3) is 11.3 Å². The van der Waals surface area contributed by atoms with Crippen LogP contribution in [0.4, 0.5) is 17.2 Å². The van der Waals surface area contributed by atoms with Crippen molar-refractivity contribution in [3.63, 3.8) is 0 Å². The van der Waals surface area contributed by atoms with Crippen molar-refractivity contribution < 1.29 is 9.59 Å². The van der Waals surface area contributed by atoms with Gasteiger partial charge >= 0.3 is 0 Å². The molecule has 2 amide bonds. The fourth-order valence-corrected chi connectivity index (χ4v) is 3.57. The van der Waals surface area contributed by atoms with Crippen LogP contribution in [0.2, 0.25) is 0 Å². The third-order valence-electron chi connectivity index (χ3n) is 5.60. The van der Waals surface area contributed by atoms with Crippen LogP contribution in [-0.2, 0) is 10.2 Å². The smallest absolute Gasteiger partial charge is 0.251 e. The van der Waals surface area contributed by atoms with Gasteiger partial charge in [-0.25, -0.2) is 9.97 Å². The van der Waals surface area contributed by atoms with Crippen LogP contribution in [0, 0.1) is 0 Å². The van der Waals surface area contributed by atoms with Crippen LogP contribution in [0.3, 0.4) is 0 Å². The maximum atomic E-state index is 12.4. The predicted octanol–water partition coefficient (Wildman–Crippen LogP) is 5.55. The van der Waals surface area contributed by atoms with E-state index in [2.05, 4.69) is 46.7 Å². The molecule has 0 fully saturated rings. The molecule has 0 spiro atoms. The molecule has 0 unspecified atom stereocenters. The number of aromatic nitrogens is 2.